The highest BCUT2D eigenvalue weighted by molar-refractivity contribution is 5.97. The van der Waals surface area contributed by atoms with Gasteiger partial charge < -0.3 is 14.0 Å². The zero-order valence-electron chi connectivity index (χ0n) is 13.9. The van der Waals surface area contributed by atoms with Crippen LogP contribution in [-0.4, -0.2) is 17.1 Å². The molecule has 3 aromatic rings. The second kappa shape index (κ2) is 5.92. The average Bonchev–Trinajstić information content (AvgIpc) is 2.67. The standard InChI is InChI=1S/C19H10F2N2O4/c1-2-26-19(25)11-8-23-13-5-9(7-22)3-4-14(13)27-18-15(21)12(20)6-10(16(18)23)17(11)24/h3-6,8H,2H2,1H3. The number of benzene rings is 2. The van der Waals surface area contributed by atoms with Gasteiger partial charge in [-0.25, -0.2) is 9.18 Å². The summed E-state index contributed by atoms with van der Waals surface area (Å²) < 4.78 is 40.1. The number of ether oxygens (including phenoxy) is 2. The van der Waals surface area contributed by atoms with Crippen molar-refractivity contribution in [3.8, 4) is 23.3 Å². The first kappa shape index (κ1) is 16.7. The number of pyridine rings is 1. The van der Waals surface area contributed by atoms with E-state index in [1.54, 1.807) is 6.92 Å². The molecule has 0 unspecified atom stereocenters. The van der Waals surface area contributed by atoms with Gasteiger partial charge in [-0.3, -0.25) is 4.79 Å². The van der Waals surface area contributed by atoms with Crippen LogP contribution in [0.3, 0.4) is 0 Å². The summed E-state index contributed by atoms with van der Waals surface area (Å²) in [5.41, 5.74) is -0.578. The van der Waals surface area contributed by atoms with Gasteiger partial charge in [-0.15, -0.1) is 0 Å². The van der Waals surface area contributed by atoms with Crippen molar-refractivity contribution in [3.63, 3.8) is 0 Å². The smallest absolute Gasteiger partial charge is 0.343 e. The van der Waals surface area contributed by atoms with E-state index >= 15 is 0 Å². The van der Waals surface area contributed by atoms with Crippen molar-refractivity contribution in [2.45, 2.75) is 6.92 Å². The fourth-order valence-corrected chi connectivity index (χ4v) is 3.01. The number of nitriles is 1. The molecule has 0 amide bonds. The van der Waals surface area contributed by atoms with Crippen LogP contribution in [0.5, 0.6) is 11.5 Å². The summed E-state index contributed by atoms with van der Waals surface area (Å²) in [4.78, 5) is 24.9. The second-order valence-electron chi connectivity index (χ2n) is 5.76. The summed E-state index contributed by atoms with van der Waals surface area (Å²) in [5, 5.41) is 8.90. The van der Waals surface area contributed by atoms with Crippen LogP contribution in [0.1, 0.15) is 22.8 Å². The van der Waals surface area contributed by atoms with Crippen molar-refractivity contribution < 1.29 is 23.0 Å². The van der Waals surface area contributed by atoms with Crippen LogP contribution in [0.25, 0.3) is 16.6 Å². The maximum absolute atomic E-state index is 14.3. The molecular weight excluding hydrogens is 358 g/mol. The maximum atomic E-state index is 14.3. The molecule has 0 atom stereocenters. The van der Waals surface area contributed by atoms with Crippen LogP contribution in [-0.2, 0) is 4.74 Å². The van der Waals surface area contributed by atoms with Gasteiger partial charge in [0.15, 0.2) is 17.3 Å². The van der Waals surface area contributed by atoms with Crippen LogP contribution in [0.2, 0.25) is 0 Å². The van der Waals surface area contributed by atoms with Gasteiger partial charge in [0, 0.05) is 6.20 Å². The molecule has 0 radical (unpaired) electrons. The van der Waals surface area contributed by atoms with E-state index < -0.39 is 28.8 Å². The monoisotopic (exact) mass is 368 g/mol. The minimum atomic E-state index is -1.28. The van der Waals surface area contributed by atoms with E-state index in [4.69, 9.17) is 14.7 Å². The van der Waals surface area contributed by atoms with Gasteiger partial charge in [-0.05, 0) is 31.2 Å². The topological polar surface area (TPSA) is 81.3 Å². The number of aromatic nitrogens is 1. The van der Waals surface area contributed by atoms with Crippen LogP contribution < -0.4 is 10.2 Å². The van der Waals surface area contributed by atoms with Gasteiger partial charge in [0.2, 0.25) is 11.2 Å². The van der Waals surface area contributed by atoms with E-state index in [-0.39, 0.29) is 34.4 Å². The van der Waals surface area contributed by atoms with Gasteiger partial charge in [-0.1, -0.05) is 0 Å². The molecule has 6 nitrogen and oxygen atoms in total. The van der Waals surface area contributed by atoms with Gasteiger partial charge in [0.1, 0.15) is 11.1 Å². The summed E-state index contributed by atoms with van der Waals surface area (Å²) in [6, 6.07) is 7.02. The highest BCUT2D eigenvalue weighted by Gasteiger charge is 2.29. The lowest BCUT2D eigenvalue weighted by molar-refractivity contribution is 0.0524. The third kappa shape index (κ3) is 2.36. The van der Waals surface area contributed by atoms with Crippen LogP contribution >= 0.6 is 0 Å². The highest BCUT2D eigenvalue weighted by atomic mass is 19.2. The van der Waals surface area contributed by atoms with Crippen molar-refractivity contribution in [3.05, 3.63) is 63.4 Å². The van der Waals surface area contributed by atoms with Gasteiger partial charge in [0.25, 0.3) is 0 Å². The molecule has 2 aromatic carbocycles. The van der Waals surface area contributed by atoms with Crippen molar-refractivity contribution >= 4 is 16.9 Å². The minimum absolute atomic E-state index is 0.0328. The Morgan fingerprint density at radius 1 is 1.33 bits per heavy atom. The Kier molecular flexibility index (Phi) is 3.66. The molecule has 0 spiro atoms. The summed E-state index contributed by atoms with van der Waals surface area (Å²) in [7, 11) is 0. The summed E-state index contributed by atoms with van der Waals surface area (Å²) in [5.74, 6) is -3.74. The number of fused-ring (bicyclic) bond motifs is 2. The highest BCUT2D eigenvalue weighted by Crippen LogP contribution is 2.42. The van der Waals surface area contributed by atoms with Crippen molar-refractivity contribution in [1.82, 2.24) is 4.57 Å². The van der Waals surface area contributed by atoms with Crippen molar-refractivity contribution in [1.29, 1.82) is 5.26 Å². The number of esters is 1. The average molecular weight is 368 g/mol. The van der Waals surface area contributed by atoms with Gasteiger partial charge in [-0.2, -0.15) is 9.65 Å². The maximum Gasteiger partial charge on any atom is 0.343 e. The van der Waals surface area contributed by atoms with Crippen molar-refractivity contribution in [2.24, 2.45) is 0 Å². The molecule has 8 heteroatoms. The predicted molar refractivity (Wildman–Crippen MR) is 90.2 cm³/mol. The van der Waals surface area contributed by atoms with E-state index in [1.165, 1.54) is 29.0 Å². The molecule has 0 saturated heterocycles. The number of carbonyl (C=O) groups is 1. The number of hydrogen-bond donors (Lipinski definition) is 0. The lowest BCUT2D eigenvalue weighted by atomic mass is 10.1. The molecule has 2 heterocycles. The molecule has 4 rings (SSSR count). The first-order valence-electron chi connectivity index (χ1n) is 7.93. The van der Waals surface area contributed by atoms with E-state index in [2.05, 4.69) is 0 Å². The lowest BCUT2D eigenvalue weighted by Crippen LogP contribution is -2.22. The molecule has 0 saturated carbocycles. The molecule has 1 aliphatic rings. The van der Waals surface area contributed by atoms with E-state index in [1.807, 2.05) is 6.07 Å². The van der Waals surface area contributed by atoms with Crippen LogP contribution in [0.15, 0.2) is 35.3 Å². The molecule has 1 aliphatic heterocycles. The van der Waals surface area contributed by atoms with E-state index in [0.717, 1.165) is 6.07 Å². The number of nitrogens with zero attached hydrogens (tertiary/aromatic N) is 2. The molecule has 0 aliphatic carbocycles. The van der Waals surface area contributed by atoms with Crippen LogP contribution in [0, 0.1) is 23.0 Å². The SMILES string of the molecule is CCOC(=O)c1cn2c3c(c(F)c(F)cc3c1=O)Oc1ccc(C#N)cc1-2. The molecule has 134 valence electrons. The Bertz CT molecular complexity index is 1240. The Balaban J connectivity index is 2.17. The third-order valence-corrected chi connectivity index (χ3v) is 4.19. The number of carbonyl (C=O) groups excluding carboxylic acids is 1. The fraction of sp³-hybridized carbons (Fsp3) is 0.105. The lowest BCUT2D eigenvalue weighted by Gasteiger charge is -2.24. The van der Waals surface area contributed by atoms with Gasteiger partial charge in [0.05, 0.1) is 29.3 Å². The normalized spacial score (nSPS) is 11.5. The Morgan fingerprint density at radius 3 is 2.81 bits per heavy atom. The molecule has 1 aromatic heterocycles. The first-order valence-corrected chi connectivity index (χ1v) is 7.93. The molecule has 0 bridgehead atoms. The zero-order chi connectivity index (χ0) is 19.3. The predicted octanol–water partition coefficient (Wildman–Crippen LogP) is 3.42. The quantitative estimate of drug-likeness (QED) is 0.507. The fourth-order valence-electron chi connectivity index (χ4n) is 3.01. The number of hydrogen-bond acceptors (Lipinski definition) is 5. The van der Waals surface area contributed by atoms with E-state index in [0.29, 0.717) is 5.69 Å². The first-order chi connectivity index (χ1) is 13.0. The summed E-state index contributed by atoms with van der Waals surface area (Å²) >= 11 is 0. The molecule has 27 heavy (non-hydrogen) atoms. The molecule has 0 N–H and O–H groups in total. The van der Waals surface area contributed by atoms with Crippen molar-refractivity contribution in [2.75, 3.05) is 6.61 Å². The third-order valence-electron chi connectivity index (χ3n) is 4.19. The summed E-state index contributed by atoms with van der Waals surface area (Å²) in [6.07, 6.45) is 1.19. The second-order valence-corrected chi connectivity index (χ2v) is 5.76. The summed E-state index contributed by atoms with van der Waals surface area (Å²) in [6.45, 7) is 1.62. The zero-order valence-corrected chi connectivity index (χ0v) is 13.9. The Hall–Kier alpha value is -3.73. The minimum Gasteiger partial charge on any atom is -0.462 e. The van der Waals surface area contributed by atoms with Gasteiger partial charge >= 0.3 is 5.97 Å². The molecular formula is C19H10F2N2O4. The largest absolute Gasteiger partial charge is 0.462 e. The Labute approximate surface area is 150 Å². The number of halogens is 2. The molecule has 0 fully saturated rings. The van der Waals surface area contributed by atoms with Crippen LogP contribution in [0.4, 0.5) is 8.78 Å². The van der Waals surface area contributed by atoms with E-state index in [9.17, 15) is 18.4 Å². The number of rotatable bonds is 2. The Morgan fingerprint density at radius 2 is 2.11 bits per heavy atom.